The van der Waals surface area contributed by atoms with Crippen LogP contribution in [-0.2, 0) is 0 Å². The quantitative estimate of drug-likeness (QED) is 0.183. The summed E-state index contributed by atoms with van der Waals surface area (Å²) < 4.78 is 6.59. The van der Waals surface area contributed by atoms with Gasteiger partial charge < -0.3 is 4.42 Å². The van der Waals surface area contributed by atoms with Crippen LogP contribution in [0.5, 0.6) is 0 Å². The normalized spacial score (nSPS) is 11.7. The lowest BCUT2D eigenvalue weighted by Gasteiger charge is -2.15. The van der Waals surface area contributed by atoms with Gasteiger partial charge in [-0.1, -0.05) is 140 Å². The van der Waals surface area contributed by atoms with Gasteiger partial charge in [-0.2, -0.15) is 0 Å². The summed E-state index contributed by atoms with van der Waals surface area (Å²) in [6, 6.07) is 56.9. The van der Waals surface area contributed by atoms with Gasteiger partial charge in [0.1, 0.15) is 11.2 Å². The summed E-state index contributed by atoms with van der Waals surface area (Å²) >= 11 is 0. The number of benzene rings is 8. The van der Waals surface area contributed by atoms with Crippen LogP contribution in [-0.4, -0.2) is 15.0 Å². The van der Waals surface area contributed by atoms with Gasteiger partial charge in [-0.05, 0) is 67.7 Å². The molecule has 0 unspecified atom stereocenters. The number of hydrogen-bond acceptors (Lipinski definition) is 4. The first kappa shape index (κ1) is 27.5. The fourth-order valence-electron chi connectivity index (χ4n) is 7.23. The summed E-state index contributed by atoms with van der Waals surface area (Å²) in [7, 11) is 0. The van der Waals surface area contributed by atoms with Crippen LogP contribution < -0.4 is 0 Å². The highest BCUT2D eigenvalue weighted by atomic mass is 16.3. The highest BCUT2D eigenvalue weighted by Gasteiger charge is 2.21. The minimum atomic E-state index is 0.599. The number of para-hydroxylation sites is 1. The van der Waals surface area contributed by atoms with Gasteiger partial charge in [-0.15, -0.1) is 0 Å². The Kier molecular flexibility index (Phi) is 6.15. The standard InChI is InChI=1S/C45H27N3O/c1-3-14-29(15-4-1)43-46-44(30-16-5-2-6-17-30)48-45(47-43)38-26-32(27-40-42(38)36-21-11-12-22-39(36)49-40)37-25-31-24-23-28-13-7-8-18-33(28)41(31)35-20-10-9-19-34(35)37/h1-27H. The van der Waals surface area contributed by atoms with Gasteiger partial charge in [0.05, 0.1) is 0 Å². The van der Waals surface area contributed by atoms with E-state index in [1.54, 1.807) is 0 Å². The molecule has 8 aromatic carbocycles. The highest BCUT2D eigenvalue weighted by molar-refractivity contribution is 6.24. The van der Waals surface area contributed by atoms with Crippen molar-refractivity contribution in [1.29, 1.82) is 0 Å². The molecule has 4 heteroatoms. The number of hydrogen-bond donors (Lipinski definition) is 0. The minimum absolute atomic E-state index is 0.599. The molecule has 0 amide bonds. The molecule has 10 aromatic rings. The van der Waals surface area contributed by atoms with Crippen LogP contribution in [0.2, 0.25) is 0 Å². The molecule has 10 rings (SSSR count). The van der Waals surface area contributed by atoms with E-state index < -0.39 is 0 Å². The molecule has 0 N–H and O–H groups in total. The largest absolute Gasteiger partial charge is 0.456 e. The van der Waals surface area contributed by atoms with Crippen LogP contribution in [0.1, 0.15) is 0 Å². The zero-order valence-electron chi connectivity index (χ0n) is 26.3. The second-order valence-corrected chi connectivity index (χ2v) is 12.4. The molecule has 0 saturated heterocycles. The van der Waals surface area contributed by atoms with Crippen molar-refractivity contribution in [2.75, 3.05) is 0 Å². The summed E-state index contributed by atoms with van der Waals surface area (Å²) in [5.74, 6) is 1.85. The lowest BCUT2D eigenvalue weighted by molar-refractivity contribution is 0.669. The molecule has 2 heterocycles. The van der Waals surface area contributed by atoms with E-state index >= 15 is 0 Å². The number of nitrogens with zero attached hydrogens (tertiary/aromatic N) is 3. The molecule has 0 bridgehead atoms. The molecule has 2 aromatic heterocycles. The van der Waals surface area contributed by atoms with Crippen molar-refractivity contribution in [2.45, 2.75) is 0 Å². The first-order valence-corrected chi connectivity index (χ1v) is 16.4. The van der Waals surface area contributed by atoms with Crippen molar-refractivity contribution in [3.8, 4) is 45.3 Å². The molecule has 0 fully saturated rings. The SMILES string of the molecule is c1ccc(-c2nc(-c3ccccc3)nc(-c3cc(-c4cc5ccc6ccccc6c5c5ccccc45)cc4oc5ccccc5c34)n2)cc1. The third-order valence-electron chi connectivity index (χ3n) is 9.48. The van der Waals surface area contributed by atoms with Crippen molar-refractivity contribution in [1.82, 2.24) is 15.0 Å². The smallest absolute Gasteiger partial charge is 0.164 e. The molecule has 0 saturated carbocycles. The van der Waals surface area contributed by atoms with Gasteiger partial charge in [0.2, 0.25) is 0 Å². The maximum atomic E-state index is 6.59. The topological polar surface area (TPSA) is 51.8 Å². The zero-order chi connectivity index (χ0) is 32.3. The number of rotatable bonds is 4. The Balaban J connectivity index is 1.30. The molecular formula is C45H27N3O. The Morgan fingerprint density at radius 3 is 1.63 bits per heavy atom. The summed E-state index contributed by atoms with van der Waals surface area (Å²) in [5, 5.41) is 9.35. The van der Waals surface area contributed by atoms with Crippen LogP contribution in [0.3, 0.4) is 0 Å². The van der Waals surface area contributed by atoms with E-state index in [0.29, 0.717) is 17.5 Å². The molecule has 0 radical (unpaired) electrons. The van der Waals surface area contributed by atoms with Gasteiger partial charge in [0.15, 0.2) is 17.5 Å². The molecule has 0 aliphatic carbocycles. The third kappa shape index (κ3) is 4.49. The molecule has 228 valence electrons. The Hall–Kier alpha value is -6.65. The Labute approximate surface area is 282 Å². The van der Waals surface area contributed by atoms with Crippen molar-refractivity contribution in [2.24, 2.45) is 0 Å². The number of aromatic nitrogens is 3. The molecular weight excluding hydrogens is 599 g/mol. The van der Waals surface area contributed by atoms with E-state index in [2.05, 4.69) is 84.9 Å². The fourth-order valence-corrected chi connectivity index (χ4v) is 7.23. The van der Waals surface area contributed by atoms with E-state index in [4.69, 9.17) is 19.4 Å². The summed E-state index contributed by atoms with van der Waals surface area (Å²) in [5.41, 5.74) is 6.54. The van der Waals surface area contributed by atoms with Crippen molar-refractivity contribution in [3.05, 3.63) is 164 Å². The van der Waals surface area contributed by atoms with Crippen LogP contribution >= 0.6 is 0 Å². The first-order chi connectivity index (χ1) is 24.3. The first-order valence-electron chi connectivity index (χ1n) is 16.4. The average molecular weight is 626 g/mol. The van der Waals surface area contributed by atoms with Gasteiger partial charge in [0, 0.05) is 27.5 Å². The lowest BCUT2D eigenvalue weighted by Crippen LogP contribution is -2.00. The van der Waals surface area contributed by atoms with E-state index in [9.17, 15) is 0 Å². The van der Waals surface area contributed by atoms with Gasteiger partial charge >= 0.3 is 0 Å². The molecule has 0 aliphatic rings. The lowest BCUT2D eigenvalue weighted by atomic mass is 9.89. The second-order valence-electron chi connectivity index (χ2n) is 12.4. The molecule has 49 heavy (non-hydrogen) atoms. The summed E-state index contributed by atoms with van der Waals surface area (Å²) in [6.45, 7) is 0. The molecule has 0 spiro atoms. The monoisotopic (exact) mass is 625 g/mol. The zero-order valence-corrected chi connectivity index (χ0v) is 26.3. The minimum Gasteiger partial charge on any atom is -0.456 e. The number of fused-ring (bicyclic) bond motifs is 8. The van der Waals surface area contributed by atoms with Crippen LogP contribution in [0.4, 0.5) is 0 Å². The molecule has 0 aliphatic heterocycles. The van der Waals surface area contributed by atoms with Crippen molar-refractivity contribution >= 4 is 54.3 Å². The summed E-state index contributed by atoms with van der Waals surface area (Å²) in [6.07, 6.45) is 0. The van der Waals surface area contributed by atoms with Gasteiger partial charge in [0.25, 0.3) is 0 Å². The Morgan fingerprint density at radius 2 is 0.898 bits per heavy atom. The van der Waals surface area contributed by atoms with Crippen LogP contribution in [0.25, 0.3) is 99.5 Å². The predicted molar refractivity (Wildman–Crippen MR) is 201 cm³/mol. The van der Waals surface area contributed by atoms with E-state index in [1.807, 2.05) is 78.9 Å². The van der Waals surface area contributed by atoms with Crippen LogP contribution in [0, 0.1) is 0 Å². The van der Waals surface area contributed by atoms with Crippen molar-refractivity contribution < 1.29 is 4.42 Å². The predicted octanol–water partition coefficient (Wildman–Crippen LogP) is 11.9. The number of furan rings is 1. The van der Waals surface area contributed by atoms with Gasteiger partial charge in [-0.25, -0.2) is 15.0 Å². The second kappa shape index (κ2) is 11.0. The Bertz CT molecular complexity index is 2820. The van der Waals surface area contributed by atoms with E-state index in [1.165, 1.54) is 32.3 Å². The van der Waals surface area contributed by atoms with Crippen molar-refractivity contribution in [3.63, 3.8) is 0 Å². The fraction of sp³-hybridized carbons (Fsp3) is 0. The maximum absolute atomic E-state index is 6.59. The average Bonchev–Trinajstić information content (AvgIpc) is 3.56. The van der Waals surface area contributed by atoms with Crippen LogP contribution in [0.15, 0.2) is 168 Å². The third-order valence-corrected chi connectivity index (χ3v) is 9.48. The molecule has 4 nitrogen and oxygen atoms in total. The van der Waals surface area contributed by atoms with E-state index in [-0.39, 0.29) is 0 Å². The van der Waals surface area contributed by atoms with Gasteiger partial charge in [-0.3, -0.25) is 0 Å². The summed E-state index contributed by atoms with van der Waals surface area (Å²) in [4.78, 5) is 15.3. The highest BCUT2D eigenvalue weighted by Crippen LogP contribution is 2.43. The van der Waals surface area contributed by atoms with E-state index in [0.717, 1.165) is 49.8 Å². The Morgan fingerprint density at radius 1 is 0.327 bits per heavy atom. The maximum Gasteiger partial charge on any atom is 0.164 e. The molecule has 0 atom stereocenters.